The predicted octanol–water partition coefficient (Wildman–Crippen LogP) is 5.82. The molecule has 1 atom stereocenters. The molecule has 0 radical (unpaired) electrons. The van der Waals surface area contributed by atoms with E-state index in [2.05, 4.69) is 16.1 Å². The van der Waals surface area contributed by atoms with E-state index in [1.54, 1.807) is 0 Å². The number of aromatic nitrogens is 2. The molecule has 1 saturated carbocycles. The summed E-state index contributed by atoms with van der Waals surface area (Å²) < 4.78 is 28.0. The highest BCUT2D eigenvalue weighted by atomic mass is 127. The summed E-state index contributed by atoms with van der Waals surface area (Å²) in [5.74, 6) is 0.635. The van der Waals surface area contributed by atoms with Crippen LogP contribution in [0.1, 0.15) is 53.5 Å². The van der Waals surface area contributed by atoms with Gasteiger partial charge in [-0.25, -0.2) is 13.2 Å². The zero-order valence-electron chi connectivity index (χ0n) is 18.4. The highest BCUT2D eigenvalue weighted by Crippen LogP contribution is 2.53. The van der Waals surface area contributed by atoms with Crippen molar-refractivity contribution in [3.63, 3.8) is 0 Å². The van der Waals surface area contributed by atoms with Crippen molar-refractivity contribution >= 4 is 46.2 Å². The Morgan fingerprint density at radius 2 is 2.09 bits per heavy atom. The van der Waals surface area contributed by atoms with Gasteiger partial charge < -0.3 is 10.3 Å². The van der Waals surface area contributed by atoms with E-state index < -0.39 is 17.5 Å². The summed E-state index contributed by atoms with van der Waals surface area (Å²) in [6, 6.07) is 3.98. The fourth-order valence-electron chi connectivity index (χ4n) is 5.56. The molecule has 178 valence electrons. The topological polar surface area (TPSA) is 62.0 Å². The van der Waals surface area contributed by atoms with Crippen LogP contribution >= 0.6 is 40.0 Å². The Balaban J connectivity index is 1.24. The van der Waals surface area contributed by atoms with E-state index in [4.69, 9.17) is 17.0 Å². The number of halogens is 4. The molecule has 5 nitrogen and oxygen atoms in total. The highest BCUT2D eigenvalue weighted by molar-refractivity contribution is 14.2. The molecule has 0 bridgehead atoms. The lowest BCUT2D eigenvalue weighted by molar-refractivity contribution is -0.0937. The van der Waals surface area contributed by atoms with Crippen molar-refractivity contribution in [3.05, 3.63) is 61.5 Å². The molecule has 1 N–H and O–H groups in total. The summed E-state index contributed by atoms with van der Waals surface area (Å²) in [7, 11) is 0. The molecule has 1 aliphatic carbocycles. The molecule has 1 aromatic heterocycles. The SMILES string of the molecule is Cc1c(Cl)ccc(CC2CC3(C2)CN(CCCc2cnn(PI)c(=O)c2C(F)F)C3)c1C=N. The molecular formula is C23H27ClF2IN4OP. The van der Waals surface area contributed by atoms with Gasteiger partial charge in [-0.15, -0.1) is 0 Å². The lowest BCUT2D eigenvalue weighted by Gasteiger charge is -2.59. The van der Waals surface area contributed by atoms with Crippen LogP contribution in [0.15, 0.2) is 23.1 Å². The van der Waals surface area contributed by atoms with Crippen LogP contribution in [0.25, 0.3) is 0 Å². The molecule has 2 heterocycles. The minimum absolute atomic E-state index is 0.0122. The largest absolute Gasteiger partial charge is 0.308 e. The Morgan fingerprint density at radius 3 is 2.73 bits per heavy atom. The first-order valence-electron chi connectivity index (χ1n) is 11.0. The van der Waals surface area contributed by atoms with E-state index in [0.717, 1.165) is 48.1 Å². The quantitative estimate of drug-likeness (QED) is 0.222. The second kappa shape index (κ2) is 10.3. The number of hydrogen-bond donors (Lipinski definition) is 1. The lowest BCUT2D eigenvalue weighted by Crippen LogP contribution is -2.62. The molecule has 1 aromatic carbocycles. The number of nitrogens with zero attached hydrogens (tertiary/aromatic N) is 3. The Labute approximate surface area is 212 Å². The Hall–Kier alpha value is -0.960. The van der Waals surface area contributed by atoms with E-state index in [-0.39, 0.29) is 6.37 Å². The van der Waals surface area contributed by atoms with E-state index in [1.165, 1.54) is 30.8 Å². The van der Waals surface area contributed by atoms with E-state index >= 15 is 0 Å². The molecule has 1 unspecified atom stereocenters. The average molecular weight is 607 g/mol. The third-order valence-corrected chi connectivity index (χ3v) is 9.33. The highest BCUT2D eigenvalue weighted by Gasteiger charge is 2.51. The van der Waals surface area contributed by atoms with Gasteiger partial charge in [-0.1, -0.05) is 17.7 Å². The first-order valence-corrected chi connectivity index (χ1v) is 15.5. The van der Waals surface area contributed by atoms with Gasteiger partial charge in [-0.3, -0.25) is 4.79 Å². The smallest absolute Gasteiger partial charge is 0.279 e. The second-order valence-electron chi connectivity index (χ2n) is 9.37. The van der Waals surface area contributed by atoms with Gasteiger partial charge in [0.15, 0.2) is 0 Å². The molecular weight excluding hydrogens is 580 g/mol. The molecule has 33 heavy (non-hydrogen) atoms. The fraction of sp³-hybridized carbons (Fsp3) is 0.522. The van der Waals surface area contributed by atoms with Crippen molar-refractivity contribution in [2.24, 2.45) is 11.3 Å². The monoisotopic (exact) mass is 606 g/mol. The first kappa shape index (κ1) is 25.1. The number of benzene rings is 1. The van der Waals surface area contributed by atoms with E-state index in [0.29, 0.717) is 28.3 Å². The van der Waals surface area contributed by atoms with Crippen molar-refractivity contribution in [3.8, 4) is 0 Å². The van der Waals surface area contributed by atoms with E-state index in [9.17, 15) is 13.6 Å². The number of hydrogen-bond acceptors (Lipinski definition) is 4. The molecule has 1 saturated heterocycles. The molecule has 1 spiro atoms. The molecule has 4 rings (SSSR count). The average Bonchev–Trinajstić information content (AvgIpc) is 2.72. The summed E-state index contributed by atoms with van der Waals surface area (Å²) in [5, 5.41) is 12.5. The lowest BCUT2D eigenvalue weighted by atomic mass is 9.56. The first-order chi connectivity index (χ1) is 15.8. The van der Waals surface area contributed by atoms with Crippen LogP contribution in [-0.2, 0) is 12.8 Å². The van der Waals surface area contributed by atoms with Gasteiger partial charge >= 0.3 is 0 Å². The zero-order chi connectivity index (χ0) is 23.8. The molecule has 2 fully saturated rings. The van der Waals surface area contributed by atoms with Crippen molar-refractivity contribution in [2.45, 2.75) is 45.5 Å². The normalized spacial score (nSPS) is 18.2. The minimum Gasteiger partial charge on any atom is -0.308 e. The summed E-state index contributed by atoms with van der Waals surface area (Å²) in [6.07, 6.45) is 4.64. The molecule has 10 heteroatoms. The third kappa shape index (κ3) is 5.19. The second-order valence-corrected chi connectivity index (χ2v) is 11.8. The number of rotatable bonds is 9. The number of aryl methyl sites for hydroxylation is 1. The molecule has 1 aliphatic heterocycles. The van der Waals surface area contributed by atoms with Crippen LogP contribution in [0.5, 0.6) is 0 Å². The fourth-order valence-corrected chi connectivity index (χ4v) is 7.06. The minimum atomic E-state index is -2.77. The van der Waals surface area contributed by atoms with Gasteiger partial charge in [0.2, 0.25) is 0 Å². The van der Waals surface area contributed by atoms with Crippen LogP contribution < -0.4 is 5.56 Å². The predicted molar refractivity (Wildman–Crippen MR) is 139 cm³/mol. The maximum absolute atomic E-state index is 13.4. The van der Waals surface area contributed by atoms with Crippen molar-refractivity contribution in [1.82, 2.24) is 14.5 Å². The summed E-state index contributed by atoms with van der Waals surface area (Å²) >= 11 is 8.17. The van der Waals surface area contributed by atoms with Gasteiger partial charge in [0, 0.05) is 24.3 Å². The maximum atomic E-state index is 13.4. The number of nitrogens with one attached hydrogen (secondary N) is 1. The summed E-state index contributed by atoms with van der Waals surface area (Å²) in [4.78, 5) is 14.6. The zero-order valence-corrected chi connectivity index (χ0v) is 22.3. The third-order valence-electron chi connectivity index (χ3n) is 7.07. The van der Waals surface area contributed by atoms with Crippen LogP contribution in [0.4, 0.5) is 8.78 Å². The van der Waals surface area contributed by atoms with Crippen LogP contribution in [0.2, 0.25) is 5.02 Å². The van der Waals surface area contributed by atoms with Gasteiger partial charge in [0.25, 0.3) is 12.0 Å². The summed E-state index contributed by atoms with van der Waals surface area (Å²) in [5.41, 5.74) is 2.84. The maximum Gasteiger partial charge on any atom is 0.279 e. The molecule has 2 aliphatic rings. The van der Waals surface area contributed by atoms with Crippen LogP contribution in [0.3, 0.4) is 0 Å². The number of likely N-dealkylation sites (tertiary alicyclic amines) is 1. The van der Waals surface area contributed by atoms with Crippen molar-refractivity contribution < 1.29 is 8.78 Å². The van der Waals surface area contributed by atoms with Crippen molar-refractivity contribution in [2.75, 3.05) is 19.6 Å². The van der Waals surface area contributed by atoms with E-state index in [1.807, 2.05) is 35.0 Å². The van der Waals surface area contributed by atoms with Gasteiger partial charge in [0.1, 0.15) is 0 Å². The van der Waals surface area contributed by atoms with Gasteiger partial charge in [-0.05, 0) is 107 Å². The van der Waals surface area contributed by atoms with Crippen LogP contribution in [0, 0.1) is 23.7 Å². The Morgan fingerprint density at radius 1 is 1.36 bits per heavy atom. The van der Waals surface area contributed by atoms with Crippen molar-refractivity contribution in [1.29, 1.82) is 5.41 Å². The Kier molecular flexibility index (Phi) is 7.88. The molecule has 2 aromatic rings. The van der Waals surface area contributed by atoms with Crippen LogP contribution in [-0.4, -0.2) is 40.3 Å². The molecule has 0 amide bonds. The van der Waals surface area contributed by atoms with Gasteiger partial charge in [0.05, 0.1) is 18.1 Å². The van der Waals surface area contributed by atoms with Gasteiger partial charge in [-0.2, -0.15) is 5.10 Å². The number of alkyl halides is 2. The summed E-state index contributed by atoms with van der Waals surface area (Å²) in [6.45, 7) is 4.92. The standard InChI is InChI=1S/C23H27ClF2IN4OP/c1-14-18(10-28)16(4-5-19(14)24)7-15-8-23(9-15)12-30(13-23)6-2-3-17-11-29-31(33-27)22(32)20(17)21(25)26/h4-5,10-11,15,21,28,33H,2-3,6-9,12-13H2,1H3. The Bertz CT molecular complexity index is 1100.